The fraction of sp³-hybridized carbons (Fsp3) is 0.188. The van der Waals surface area contributed by atoms with E-state index in [1.54, 1.807) is 18.2 Å². The summed E-state index contributed by atoms with van der Waals surface area (Å²) in [6, 6.07) is 13.9. The van der Waals surface area contributed by atoms with Gasteiger partial charge in [0.25, 0.3) is 0 Å². The zero-order valence-corrected chi connectivity index (χ0v) is 14.2. The van der Waals surface area contributed by atoms with Crippen molar-refractivity contribution in [1.82, 2.24) is 0 Å². The van der Waals surface area contributed by atoms with Crippen LogP contribution in [0.15, 0.2) is 36.4 Å². The second-order valence-electron chi connectivity index (χ2n) is 4.40. The number of esters is 1. The zero-order valence-electron chi connectivity index (χ0n) is 11.4. The molecule has 0 fully saturated rings. The molecule has 0 aliphatic rings. The van der Waals surface area contributed by atoms with Crippen LogP contribution in [0.1, 0.15) is 27.0 Å². The van der Waals surface area contributed by atoms with Crippen LogP contribution in [-0.4, -0.2) is 5.97 Å². The minimum Gasteiger partial charge on any atom is -0.487 e. The molecular weight excluding hydrogens is 313 g/mol. The van der Waals surface area contributed by atoms with Crippen LogP contribution in [0.5, 0.6) is 5.75 Å². The topological polar surface area (TPSA) is 26.3 Å². The van der Waals surface area contributed by atoms with Gasteiger partial charge < -0.3 is 4.74 Å². The summed E-state index contributed by atoms with van der Waals surface area (Å²) < 4.78 is 5.31. The van der Waals surface area contributed by atoms with E-state index in [9.17, 15) is 4.79 Å². The van der Waals surface area contributed by atoms with Gasteiger partial charge in [-0.25, -0.2) is 4.79 Å². The van der Waals surface area contributed by atoms with Crippen LogP contribution in [0, 0.1) is 26.8 Å². The Morgan fingerprint density at radius 1 is 1.11 bits per heavy atom. The average molecular weight is 328 g/mol. The van der Waals surface area contributed by atoms with E-state index >= 15 is 0 Å². The van der Waals surface area contributed by atoms with E-state index in [1.165, 1.54) is 0 Å². The fourth-order valence-corrected chi connectivity index (χ4v) is 1.57. The Bertz CT molecular complexity index is 574. The summed E-state index contributed by atoms with van der Waals surface area (Å²) >= 11 is 0. The van der Waals surface area contributed by atoms with Gasteiger partial charge in [0.1, 0.15) is 0 Å². The van der Waals surface area contributed by atoms with Crippen LogP contribution < -0.4 is 4.74 Å². The summed E-state index contributed by atoms with van der Waals surface area (Å²) in [7, 11) is 0. The molecule has 2 rings (SSSR count). The van der Waals surface area contributed by atoms with Crippen molar-refractivity contribution < 1.29 is 42.2 Å². The van der Waals surface area contributed by atoms with E-state index in [2.05, 4.69) is 6.07 Å². The maximum absolute atomic E-state index is 11.9. The molecule has 0 unspecified atom stereocenters. The van der Waals surface area contributed by atoms with Gasteiger partial charge in [0.05, 0.1) is 5.56 Å². The molecule has 2 aromatic rings. The number of ether oxygens (including phenoxy) is 1. The van der Waals surface area contributed by atoms with Crippen molar-refractivity contribution in [2.24, 2.45) is 0 Å². The monoisotopic (exact) mass is 328 g/mol. The van der Waals surface area contributed by atoms with Crippen molar-refractivity contribution in [2.45, 2.75) is 20.8 Å². The maximum atomic E-state index is 11.9. The largest absolute Gasteiger partial charge is 0.487 e. The van der Waals surface area contributed by atoms with Gasteiger partial charge in [-0.3, -0.25) is 0 Å². The van der Waals surface area contributed by atoms with E-state index in [4.69, 9.17) is 4.74 Å². The Morgan fingerprint density at radius 3 is 2.32 bits per heavy atom. The van der Waals surface area contributed by atoms with Gasteiger partial charge >= 0.3 is 5.97 Å². The predicted molar refractivity (Wildman–Crippen MR) is 70.9 cm³/mol. The van der Waals surface area contributed by atoms with Gasteiger partial charge in [0.15, 0.2) is 0 Å². The van der Waals surface area contributed by atoms with Crippen LogP contribution in [0.3, 0.4) is 0 Å². The minimum absolute atomic E-state index is 0. The molecule has 0 bridgehead atoms. The molecule has 0 saturated carbocycles. The first kappa shape index (κ1) is 16.1. The summed E-state index contributed by atoms with van der Waals surface area (Å²) in [6.45, 7) is 5.92. The van der Waals surface area contributed by atoms with Gasteiger partial charge in [0.2, 0.25) is 0 Å². The average Bonchev–Trinajstić information content (AvgIpc) is 2.34. The Labute approximate surface area is 139 Å². The van der Waals surface area contributed by atoms with Crippen LogP contribution in [0.2, 0.25) is 0 Å². The Morgan fingerprint density at radius 2 is 1.74 bits per heavy atom. The summed E-state index contributed by atoms with van der Waals surface area (Å²) in [5.41, 5.74) is 3.79. The Kier molecular flexibility index (Phi) is 5.90. The van der Waals surface area contributed by atoms with Crippen LogP contribution in [-0.2, 0) is 32.7 Å². The number of hydrogen-bond donors (Lipinski definition) is 0. The van der Waals surface area contributed by atoms with Gasteiger partial charge in [0, 0.05) is 38.5 Å². The number of aryl methyl sites for hydroxylation is 3. The molecule has 0 amide bonds. The third kappa shape index (κ3) is 4.26. The Hall–Kier alpha value is -0.986. The molecule has 0 aliphatic heterocycles. The minimum atomic E-state index is -0.341. The number of hydrogen-bond acceptors (Lipinski definition) is 2. The van der Waals surface area contributed by atoms with Gasteiger partial charge in [-0.1, -0.05) is 31.5 Å². The maximum Gasteiger partial charge on any atom is 0.331 e. The number of carbonyl (C=O) groups excluding carboxylic acids is 1. The number of benzene rings is 2. The van der Waals surface area contributed by atoms with Crippen molar-refractivity contribution in [2.75, 3.05) is 0 Å². The molecule has 2 nitrogen and oxygen atoms in total. The van der Waals surface area contributed by atoms with Crippen LogP contribution >= 0.6 is 0 Å². The molecule has 0 saturated heterocycles. The second-order valence-corrected chi connectivity index (χ2v) is 4.40. The van der Waals surface area contributed by atoms with Gasteiger partial charge in [-0.2, -0.15) is 17.2 Å². The molecule has 0 N–H and O–H groups in total. The number of rotatable bonds is 2. The van der Waals surface area contributed by atoms with Crippen molar-refractivity contribution in [3.05, 3.63) is 64.7 Å². The predicted octanol–water partition coefficient (Wildman–Crippen LogP) is 3.63. The SMILES string of the molecule is Cc1ccc(C(=O)Oc2c[c-]c(C)c(C)c2)cc1.[Y]. The van der Waals surface area contributed by atoms with Gasteiger partial charge in [-0.05, 0) is 19.1 Å². The van der Waals surface area contributed by atoms with Crippen LogP contribution in [0.25, 0.3) is 0 Å². The first-order chi connectivity index (χ1) is 8.56. The van der Waals surface area contributed by atoms with E-state index in [1.807, 2.05) is 39.0 Å². The second kappa shape index (κ2) is 6.97. The van der Waals surface area contributed by atoms with Crippen LogP contribution in [0.4, 0.5) is 0 Å². The van der Waals surface area contributed by atoms with E-state index in [0.29, 0.717) is 11.3 Å². The molecule has 0 atom stereocenters. The van der Waals surface area contributed by atoms with Crippen molar-refractivity contribution in [1.29, 1.82) is 0 Å². The molecule has 0 aliphatic carbocycles. The smallest absolute Gasteiger partial charge is 0.331 e. The summed E-state index contributed by atoms with van der Waals surface area (Å²) in [4.78, 5) is 11.9. The van der Waals surface area contributed by atoms with Crippen molar-refractivity contribution >= 4 is 5.97 Å². The third-order valence-electron chi connectivity index (χ3n) is 2.88. The fourth-order valence-electron chi connectivity index (χ4n) is 1.57. The third-order valence-corrected chi connectivity index (χ3v) is 2.88. The summed E-state index contributed by atoms with van der Waals surface area (Å²) in [5, 5.41) is 0. The standard InChI is InChI=1S/C16H15O2.Y/c1-11-4-7-14(8-5-11)16(17)18-15-9-6-12(2)13(3)10-15;/h4-5,7-10H,1-3H3;/q-1;. The molecule has 3 heteroatoms. The van der Waals surface area contributed by atoms with E-state index in [-0.39, 0.29) is 38.7 Å². The van der Waals surface area contributed by atoms with Gasteiger partial charge in [-0.15, -0.1) is 12.1 Å². The molecule has 0 spiro atoms. The first-order valence-electron chi connectivity index (χ1n) is 5.84. The molecule has 2 aromatic carbocycles. The first-order valence-corrected chi connectivity index (χ1v) is 5.84. The molecule has 0 aromatic heterocycles. The summed E-state index contributed by atoms with van der Waals surface area (Å²) in [5.74, 6) is 0.190. The van der Waals surface area contributed by atoms with E-state index < -0.39 is 0 Å². The molecule has 0 heterocycles. The van der Waals surface area contributed by atoms with E-state index in [0.717, 1.165) is 16.7 Å². The molecule has 95 valence electrons. The molecule has 19 heavy (non-hydrogen) atoms. The van der Waals surface area contributed by atoms with Crippen molar-refractivity contribution in [3.8, 4) is 5.75 Å². The molecular formula is C16H15O2Y-. The quantitative estimate of drug-likeness (QED) is 0.478. The number of carbonyl (C=O) groups is 1. The Balaban J connectivity index is 0.00000180. The zero-order chi connectivity index (χ0) is 13.1. The summed E-state index contributed by atoms with van der Waals surface area (Å²) in [6.07, 6.45) is 0. The van der Waals surface area contributed by atoms with Crippen molar-refractivity contribution in [3.63, 3.8) is 0 Å². The normalized spacial score (nSPS) is 9.63. The molecule has 1 radical (unpaired) electrons.